The molecule has 0 N–H and O–H groups in total. The van der Waals surface area contributed by atoms with Crippen LogP contribution in [0.3, 0.4) is 0 Å². The van der Waals surface area contributed by atoms with Gasteiger partial charge >= 0.3 is 0 Å². The van der Waals surface area contributed by atoms with Crippen molar-refractivity contribution in [1.82, 2.24) is 0 Å². The molecule has 0 heterocycles. The predicted molar refractivity (Wildman–Crippen MR) is 346 cm³/mol. The Morgan fingerprint density at radius 2 is 0.650 bits per heavy atom. The van der Waals surface area contributed by atoms with Crippen molar-refractivity contribution in [3.63, 3.8) is 0 Å². The van der Waals surface area contributed by atoms with Crippen molar-refractivity contribution in [3.05, 3.63) is 252 Å². The number of hydrogen-bond donors (Lipinski definition) is 0. The zero-order chi connectivity index (χ0) is 55.8. The monoisotopic (exact) mass is 1080 g/mol. The second-order valence-electron chi connectivity index (χ2n) is 23.8. The number of benzene rings is 12. The highest BCUT2D eigenvalue weighted by Crippen LogP contribution is 2.52. The van der Waals surface area contributed by atoms with Crippen molar-refractivity contribution >= 4 is 93.0 Å². The van der Waals surface area contributed by atoms with E-state index in [1.165, 1.54) is 10.4 Å². The molecule has 0 aromatic heterocycles. The molecule has 0 unspecified atom stereocenters. The SMILES string of the molecule is Cc1ccccc1-c1cc(F)c(N(c2cccc([Si](C)(C)C)c2)c2ccc3ccc4c(N(c5cccc([Si](C)(C)C)c5)c5c(F)cc(-c6ccccc6C)cc5-c5ccccc5C)ccc5ccc2c3c54)c(-c2ccccc2C)c1. The highest BCUT2D eigenvalue weighted by atomic mass is 28.3. The Morgan fingerprint density at radius 1 is 0.312 bits per heavy atom. The average Bonchev–Trinajstić information content (AvgIpc) is 2.80. The number of halogens is 2. The number of hydrogen-bond acceptors (Lipinski definition) is 2. The highest BCUT2D eigenvalue weighted by molar-refractivity contribution is 6.89. The lowest BCUT2D eigenvalue weighted by atomic mass is 9.90. The number of aryl methyl sites for hydroxylation is 4. The molecule has 0 fully saturated rings. The van der Waals surface area contributed by atoms with Crippen molar-refractivity contribution in [1.29, 1.82) is 0 Å². The van der Waals surface area contributed by atoms with Gasteiger partial charge in [0, 0.05) is 33.3 Å². The van der Waals surface area contributed by atoms with Crippen LogP contribution in [0.2, 0.25) is 39.3 Å². The van der Waals surface area contributed by atoms with E-state index < -0.39 is 16.1 Å². The molecule has 6 heteroatoms. The maximum Gasteiger partial charge on any atom is 0.148 e. The molecule has 12 aromatic rings. The predicted octanol–water partition coefficient (Wildman–Crippen LogP) is 20.8. The fourth-order valence-corrected chi connectivity index (χ4v) is 14.4. The lowest BCUT2D eigenvalue weighted by Gasteiger charge is -2.33. The first-order valence-corrected chi connectivity index (χ1v) is 34.9. The largest absolute Gasteiger partial charge is 0.307 e. The molecular formula is C74H66F2N2Si2. The summed E-state index contributed by atoms with van der Waals surface area (Å²) in [6.07, 6.45) is 0. The smallest absolute Gasteiger partial charge is 0.148 e. The van der Waals surface area contributed by atoms with Gasteiger partial charge in [0.2, 0.25) is 0 Å². The average molecular weight is 1080 g/mol. The molecule has 0 atom stereocenters. The van der Waals surface area contributed by atoms with E-state index in [0.717, 1.165) is 122 Å². The van der Waals surface area contributed by atoms with Crippen LogP contribution in [0.25, 0.3) is 76.8 Å². The van der Waals surface area contributed by atoms with Crippen LogP contribution >= 0.6 is 0 Å². The van der Waals surface area contributed by atoms with E-state index in [1.54, 1.807) is 12.1 Å². The molecule has 0 radical (unpaired) electrons. The van der Waals surface area contributed by atoms with Gasteiger partial charge in [-0.3, -0.25) is 0 Å². The Morgan fingerprint density at radius 3 is 1.00 bits per heavy atom. The molecule has 80 heavy (non-hydrogen) atoms. The van der Waals surface area contributed by atoms with E-state index in [4.69, 9.17) is 0 Å². The zero-order valence-corrected chi connectivity index (χ0v) is 49.4. The van der Waals surface area contributed by atoms with Crippen LogP contribution < -0.4 is 20.2 Å². The van der Waals surface area contributed by atoms with E-state index in [9.17, 15) is 0 Å². The number of nitrogens with zero attached hydrogens (tertiary/aromatic N) is 2. The topological polar surface area (TPSA) is 6.48 Å². The van der Waals surface area contributed by atoms with Gasteiger partial charge in [0.25, 0.3) is 0 Å². The molecule has 2 nitrogen and oxygen atoms in total. The third-order valence-corrected chi connectivity index (χ3v) is 20.5. The summed E-state index contributed by atoms with van der Waals surface area (Å²) in [6.45, 7) is 22.6. The van der Waals surface area contributed by atoms with Crippen LogP contribution in [-0.2, 0) is 0 Å². The van der Waals surface area contributed by atoms with Crippen molar-refractivity contribution in [3.8, 4) is 44.5 Å². The summed E-state index contributed by atoms with van der Waals surface area (Å²) < 4.78 is 36.7. The normalized spacial score (nSPS) is 12.0. The first kappa shape index (κ1) is 52.3. The van der Waals surface area contributed by atoms with Crippen LogP contribution in [0.15, 0.2) is 218 Å². The van der Waals surface area contributed by atoms with E-state index in [1.807, 2.05) is 48.5 Å². The Hall–Kier alpha value is -8.43. The molecule has 0 amide bonds. The molecule has 0 aliphatic heterocycles. The summed E-state index contributed by atoms with van der Waals surface area (Å²) in [7, 11) is -3.74. The van der Waals surface area contributed by atoms with E-state index >= 15 is 8.78 Å². The third-order valence-electron chi connectivity index (χ3n) is 16.4. The minimum absolute atomic E-state index is 0.313. The fraction of sp³-hybridized carbons (Fsp3) is 0.135. The van der Waals surface area contributed by atoms with Gasteiger partial charge in [-0.2, -0.15) is 0 Å². The Kier molecular flexibility index (Phi) is 13.3. The van der Waals surface area contributed by atoms with Crippen LogP contribution in [0.4, 0.5) is 42.9 Å². The molecule has 12 aromatic carbocycles. The molecule has 0 spiro atoms. The molecule has 0 saturated carbocycles. The van der Waals surface area contributed by atoms with Crippen molar-refractivity contribution in [2.24, 2.45) is 0 Å². The molecular weight excluding hydrogens is 1010 g/mol. The number of anilines is 6. The van der Waals surface area contributed by atoms with Gasteiger partial charge in [0.1, 0.15) is 11.6 Å². The maximum absolute atomic E-state index is 18.4. The molecule has 0 aliphatic carbocycles. The van der Waals surface area contributed by atoms with E-state index in [0.29, 0.717) is 11.4 Å². The standard InChI is InChI=1S/C74H66F2N2Si2/c1-47-21-11-15-29-59(47)53-41-65(61-31-17-13-23-49(61)3)73(67(75)43-53)77(55-25-19-27-57(45-55)79(5,6)7)69-39-35-51-34-38-64-70(40-36-52-33-37-63(69)71(51)72(52)64)78(56-26-20-28-58(46-56)80(8,9)10)74-66(62-32-18-14-24-50(62)4)42-54(44-68(74)76)60-30-16-12-22-48(60)2/h11-46H,1-10H3. The molecule has 12 rings (SSSR count). The summed E-state index contributed by atoms with van der Waals surface area (Å²) in [5.74, 6) is -0.627. The molecule has 0 bridgehead atoms. The third kappa shape index (κ3) is 9.30. The van der Waals surface area contributed by atoms with Crippen molar-refractivity contribution in [2.45, 2.75) is 67.0 Å². The van der Waals surface area contributed by atoms with Gasteiger partial charge in [-0.15, -0.1) is 0 Å². The summed E-state index contributed by atoms with van der Waals surface area (Å²) in [6, 6.07) is 76.1. The molecule has 394 valence electrons. The van der Waals surface area contributed by atoms with Crippen molar-refractivity contribution < 1.29 is 8.78 Å². The second-order valence-corrected chi connectivity index (χ2v) is 34.0. The Bertz CT molecular complexity index is 4090. The highest BCUT2D eigenvalue weighted by Gasteiger charge is 2.31. The fourth-order valence-electron chi connectivity index (χ4n) is 12.1. The molecule has 0 saturated heterocycles. The summed E-state index contributed by atoms with van der Waals surface area (Å²) in [5.41, 5.74) is 15.9. The quantitative estimate of drug-likeness (QED) is 0.0889. The van der Waals surface area contributed by atoms with Crippen LogP contribution in [0.5, 0.6) is 0 Å². The first-order valence-electron chi connectivity index (χ1n) is 27.9. The summed E-state index contributed by atoms with van der Waals surface area (Å²) in [4.78, 5) is 4.37. The van der Waals surface area contributed by atoms with Crippen LogP contribution in [0.1, 0.15) is 22.3 Å². The van der Waals surface area contributed by atoms with E-state index in [-0.39, 0.29) is 11.6 Å². The molecule has 0 aliphatic rings. The summed E-state index contributed by atoms with van der Waals surface area (Å²) >= 11 is 0. The van der Waals surface area contributed by atoms with Crippen LogP contribution in [0, 0.1) is 39.3 Å². The number of rotatable bonds is 12. The minimum Gasteiger partial charge on any atom is -0.307 e. The first-order chi connectivity index (χ1) is 38.4. The lowest BCUT2D eigenvalue weighted by molar-refractivity contribution is 0.629. The van der Waals surface area contributed by atoms with Crippen molar-refractivity contribution in [2.75, 3.05) is 9.80 Å². The van der Waals surface area contributed by atoms with Gasteiger partial charge in [-0.05, 0) is 166 Å². The Labute approximate surface area is 472 Å². The van der Waals surface area contributed by atoms with Gasteiger partial charge in [-0.1, -0.05) is 207 Å². The lowest BCUT2D eigenvalue weighted by Crippen LogP contribution is -2.37. The minimum atomic E-state index is -1.87. The second kappa shape index (κ2) is 20.3. The van der Waals surface area contributed by atoms with Crippen LogP contribution in [-0.4, -0.2) is 16.1 Å². The summed E-state index contributed by atoms with van der Waals surface area (Å²) in [5, 5.41) is 8.76. The maximum atomic E-state index is 18.4. The van der Waals surface area contributed by atoms with Gasteiger partial charge in [0.15, 0.2) is 0 Å². The van der Waals surface area contributed by atoms with E-state index in [2.05, 4.69) is 235 Å². The zero-order valence-electron chi connectivity index (χ0n) is 47.4. The van der Waals surface area contributed by atoms with Gasteiger partial charge < -0.3 is 9.80 Å². The van der Waals surface area contributed by atoms with Gasteiger partial charge in [0.05, 0.1) is 38.9 Å². The Balaban J connectivity index is 1.16. The van der Waals surface area contributed by atoms with Gasteiger partial charge in [-0.25, -0.2) is 8.78 Å².